The van der Waals surface area contributed by atoms with Gasteiger partial charge >= 0.3 is 0 Å². The summed E-state index contributed by atoms with van der Waals surface area (Å²) >= 11 is 0. The van der Waals surface area contributed by atoms with Crippen molar-refractivity contribution < 1.29 is 14.3 Å². The smallest absolute Gasteiger partial charge is 0.252 e. The Kier molecular flexibility index (Phi) is 5.35. The van der Waals surface area contributed by atoms with Crippen LogP contribution in [0.15, 0.2) is 24.4 Å². The topological polar surface area (TPSA) is 74.4 Å². The minimum atomic E-state index is -0.522. The summed E-state index contributed by atoms with van der Waals surface area (Å²) in [6.45, 7) is 8.33. The number of nitrogens with two attached hydrogens (primary N) is 1. The Morgan fingerprint density at radius 3 is 2.69 bits per heavy atom. The second-order valence-electron chi connectivity index (χ2n) is 7.58. The van der Waals surface area contributed by atoms with Gasteiger partial charge in [0, 0.05) is 11.6 Å². The number of rotatable bonds is 6. The standard InChI is InChI=1S/C21H28N2O3/c1-5-14-8-13(4)19(9-14)26-18-6-7-23-17-10-16(21(22)24)20(11-15(17)18)25-12(2)3/h6-7,10-14,19H,5,8-9H2,1-4H3,(H2,22,24)/t13-,14?,19?/m0/s1. The molecule has 1 fully saturated rings. The highest BCUT2D eigenvalue weighted by Gasteiger charge is 2.32. The van der Waals surface area contributed by atoms with Crippen molar-refractivity contribution >= 4 is 16.8 Å². The van der Waals surface area contributed by atoms with Crippen LogP contribution in [0.4, 0.5) is 0 Å². The maximum Gasteiger partial charge on any atom is 0.252 e. The molecule has 1 aromatic carbocycles. The van der Waals surface area contributed by atoms with E-state index in [0.717, 1.165) is 23.5 Å². The maximum atomic E-state index is 11.8. The molecule has 0 spiro atoms. The van der Waals surface area contributed by atoms with Gasteiger partial charge in [-0.25, -0.2) is 0 Å². The number of amides is 1. The highest BCUT2D eigenvalue weighted by molar-refractivity contribution is 6.01. The highest BCUT2D eigenvalue weighted by Crippen LogP contribution is 2.38. The number of nitrogens with zero attached hydrogens (tertiary/aromatic N) is 1. The van der Waals surface area contributed by atoms with Crippen molar-refractivity contribution in [1.82, 2.24) is 4.98 Å². The summed E-state index contributed by atoms with van der Waals surface area (Å²) in [7, 11) is 0. The van der Waals surface area contributed by atoms with Gasteiger partial charge in [0.15, 0.2) is 0 Å². The minimum Gasteiger partial charge on any atom is -0.490 e. The van der Waals surface area contributed by atoms with Crippen LogP contribution in [0.5, 0.6) is 11.5 Å². The molecule has 0 saturated heterocycles. The lowest BCUT2D eigenvalue weighted by molar-refractivity contribution is 0.0994. The molecule has 1 aromatic heterocycles. The van der Waals surface area contributed by atoms with Gasteiger partial charge in [-0.15, -0.1) is 0 Å². The first-order valence-corrected chi connectivity index (χ1v) is 9.44. The van der Waals surface area contributed by atoms with E-state index in [-0.39, 0.29) is 12.2 Å². The second kappa shape index (κ2) is 7.52. The van der Waals surface area contributed by atoms with Gasteiger partial charge in [0.05, 0.1) is 17.2 Å². The van der Waals surface area contributed by atoms with Crippen molar-refractivity contribution in [1.29, 1.82) is 0 Å². The first kappa shape index (κ1) is 18.5. The van der Waals surface area contributed by atoms with Crippen LogP contribution in [-0.2, 0) is 0 Å². The van der Waals surface area contributed by atoms with Crippen LogP contribution in [0.3, 0.4) is 0 Å². The molecular weight excluding hydrogens is 328 g/mol. The van der Waals surface area contributed by atoms with Gasteiger partial charge in [0.25, 0.3) is 5.91 Å². The van der Waals surface area contributed by atoms with E-state index in [9.17, 15) is 4.79 Å². The minimum absolute atomic E-state index is 0.0632. The molecule has 0 aliphatic heterocycles. The Morgan fingerprint density at radius 1 is 1.31 bits per heavy atom. The van der Waals surface area contributed by atoms with Crippen LogP contribution < -0.4 is 15.2 Å². The number of aromatic nitrogens is 1. The molecule has 26 heavy (non-hydrogen) atoms. The maximum absolute atomic E-state index is 11.8. The molecule has 1 amide bonds. The summed E-state index contributed by atoms with van der Waals surface area (Å²) < 4.78 is 12.2. The fraction of sp³-hybridized carbons (Fsp3) is 0.524. The van der Waals surface area contributed by atoms with Gasteiger partial charge in [0.2, 0.25) is 0 Å². The molecule has 2 N–H and O–H groups in total. The molecule has 2 unspecified atom stereocenters. The summed E-state index contributed by atoms with van der Waals surface area (Å²) in [6, 6.07) is 5.40. The summed E-state index contributed by atoms with van der Waals surface area (Å²) in [5, 5.41) is 0.847. The van der Waals surface area contributed by atoms with Crippen LogP contribution >= 0.6 is 0 Å². The first-order valence-electron chi connectivity index (χ1n) is 9.44. The molecule has 1 aliphatic rings. The Balaban J connectivity index is 1.99. The van der Waals surface area contributed by atoms with Crippen LogP contribution in [0.1, 0.15) is 57.3 Å². The van der Waals surface area contributed by atoms with Crippen LogP contribution in [0.2, 0.25) is 0 Å². The molecule has 1 aliphatic carbocycles. The van der Waals surface area contributed by atoms with Crippen molar-refractivity contribution in [3.63, 3.8) is 0 Å². The van der Waals surface area contributed by atoms with E-state index >= 15 is 0 Å². The quantitative estimate of drug-likeness (QED) is 0.836. The van der Waals surface area contributed by atoms with E-state index in [1.54, 1.807) is 12.3 Å². The molecule has 0 radical (unpaired) electrons. The fourth-order valence-electron chi connectivity index (χ4n) is 3.79. The molecule has 5 heteroatoms. The van der Waals surface area contributed by atoms with E-state index < -0.39 is 5.91 Å². The van der Waals surface area contributed by atoms with Crippen molar-refractivity contribution in [2.24, 2.45) is 17.6 Å². The Labute approximate surface area is 154 Å². The largest absolute Gasteiger partial charge is 0.490 e. The number of carbonyl (C=O) groups excluding carboxylic acids is 1. The molecule has 3 rings (SSSR count). The van der Waals surface area contributed by atoms with Gasteiger partial charge in [-0.3, -0.25) is 9.78 Å². The molecule has 2 aromatic rings. The van der Waals surface area contributed by atoms with Gasteiger partial charge in [-0.1, -0.05) is 20.3 Å². The van der Waals surface area contributed by atoms with Crippen molar-refractivity contribution in [2.75, 3.05) is 0 Å². The number of hydrogen-bond donors (Lipinski definition) is 1. The molecule has 1 heterocycles. The number of benzene rings is 1. The Morgan fingerprint density at radius 2 is 2.08 bits per heavy atom. The Bertz CT molecular complexity index is 803. The lowest BCUT2D eigenvalue weighted by Crippen LogP contribution is -2.19. The summed E-state index contributed by atoms with van der Waals surface area (Å²) in [4.78, 5) is 16.2. The number of pyridine rings is 1. The zero-order valence-electron chi connectivity index (χ0n) is 16.0. The number of carbonyl (C=O) groups is 1. The number of fused-ring (bicyclic) bond motifs is 1. The van der Waals surface area contributed by atoms with Gasteiger partial charge < -0.3 is 15.2 Å². The molecular formula is C21H28N2O3. The van der Waals surface area contributed by atoms with Gasteiger partial charge in [-0.05, 0) is 56.7 Å². The number of primary amides is 1. The third-order valence-corrected chi connectivity index (χ3v) is 5.19. The zero-order chi connectivity index (χ0) is 18.8. The fourth-order valence-corrected chi connectivity index (χ4v) is 3.79. The van der Waals surface area contributed by atoms with Crippen molar-refractivity contribution in [3.05, 3.63) is 30.0 Å². The van der Waals surface area contributed by atoms with Crippen LogP contribution in [0.25, 0.3) is 10.9 Å². The van der Waals surface area contributed by atoms with E-state index in [1.165, 1.54) is 12.8 Å². The third kappa shape index (κ3) is 3.76. The zero-order valence-corrected chi connectivity index (χ0v) is 16.0. The lowest BCUT2D eigenvalue weighted by atomic mass is 10.0. The highest BCUT2D eigenvalue weighted by atomic mass is 16.5. The van der Waals surface area contributed by atoms with E-state index in [4.69, 9.17) is 15.2 Å². The van der Waals surface area contributed by atoms with Crippen LogP contribution in [-0.4, -0.2) is 23.1 Å². The predicted octanol–water partition coefficient (Wildman–Crippen LogP) is 4.32. The summed E-state index contributed by atoms with van der Waals surface area (Å²) in [5.74, 6) is 1.99. The lowest BCUT2D eigenvalue weighted by Gasteiger charge is -2.20. The average molecular weight is 356 g/mol. The molecule has 140 valence electrons. The Hall–Kier alpha value is -2.30. The number of ether oxygens (including phenoxy) is 2. The van der Waals surface area contributed by atoms with Crippen LogP contribution in [0, 0.1) is 11.8 Å². The molecule has 0 bridgehead atoms. The second-order valence-corrected chi connectivity index (χ2v) is 7.58. The van der Waals surface area contributed by atoms with E-state index in [1.807, 2.05) is 26.0 Å². The predicted molar refractivity (Wildman–Crippen MR) is 103 cm³/mol. The molecule has 5 nitrogen and oxygen atoms in total. The monoisotopic (exact) mass is 356 g/mol. The summed E-state index contributed by atoms with van der Waals surface area (Å²) in [6.07, 6.45) is 5.33. The average Bonchev–Trinajstić information content (AvgIpc) is 2.94. The van der Waals surface area contributed by atoms with Crippen molar-refractivity contribution in [3.8, 4) is 11.5 Å². The molecule has 3 atom stereocenters. The number of hydrogen-bond acceptors (Lipinski definition) is 4. The third-order valence-electron chi connectivity index (χ3n) is 5.19. The van der Waals surface area contributed by atoms with Gasteiger partial charge in [-0.2, -0.15) is 0 Å². The van der Waals surface area contributed by atoms with Crippen molar-refractivity contribution in [2.45, 2.75) is 59.2 Å². The summed E-state index contributed by atoms with van der Waals surface area (Å²) in [5.41, 5.74) is 6.55. The van der Waals surface area contributed by atoms with Gasteiger partial charge in [0.1, 0.15) is 17.6 Å². The van der Waals surface area contributed by atoms with E-state index in [0.29, 0.717) is 22.7 Å². The SMILES string of the molecule is CCC1CC(Oc2ccnc3cc(C(N)=O)c(OC(C)C)cc23)[C@@H](C)C1. The van der Waals surface area contributed by atoms with E-state index in [2.05, 4.69) is 18.8 Å². The normalized spacial score (nSPS) is 22.7. The first-order chi connectivity index (χ1) is 12.4. The molecule has 1 saturated carbocycles.